The summed E-state index contributed by atoms with van der Waals surface area (Å²) in [5.74, 6) is 0.706. The molecule has 1 aliphatic rings. The van der Waals surface area contributed by atoms with E-state index in [1.165, 1.54) is 25.7 Å². The number of anilines is 1. The first kappa shape index (κ1) is 13.6. The highest BCUT2D eigenvalue weighted by Crippen LogP contribution is 2.33. The molecule has 0 atom stereocenters. The highest BCUT2D eigenvalue weighted by Gasteiger charge is 2.21. The molecule has 0 aromatic carbocycles. The SMILES string of the molecule is OCCCNc1nc(Cl)nc2ncn(C3CCCC3)c12. The van der Waals surface area contributed by atoms with Gasteiger partial charge in [0, 0.05) is 19.2 Å². The van der Waals surface area contributed by atoms with Crippen molar-refractivity contribution in [1.82, 2.24) is 19.5 Å². The first-order chi connectivity index (χ1) is 9.79. The fourth-order valence-corrected chi connectivity index (χ4v) is 2.95. The molecular weight excluding hydrogens is 278 g/mol. The number of rotatable bonds is 5. The molecule has 0 bridgehead atoms. The van der Waals surface area contributed by atoms with E-state index < -0.39 is 0 Å². The third-order valence-corrected chi connectivity index (χ3v) is 3.92. The third-order valence-electron chi connectivity index (χ3n) is 3.75. The van der Waals surface area contributed by atoms with Crippen LogP contribution in [0.4, 0.5) is 5.82 Å². The molecule has 1 fully saturated rings. The Morgan fingerprint density at radius 2 is 2.15 bits per heavy atom. The van der Waals surface area contributed by atoms with E-state index in [0.717, 1.165) is 5.52 Å². The number of aliphatic hydroxyl groups excluding tert-OH is 1. The Labute approximate surface area is 122 Å². The minimum absolute atomic E-state index is 0.150. The van der Waals surface area contributed by atoms with Crippen LogP contribution in [0.25, 0.3) is 11.2 Å². The van der Waals surface area contributed by atoms with Gasteiger partial charge in [0.1, 0.15) is 5.52 Å². The molecule has 0 radical (unpaired) electrons. The van der Waals surface area contributed by atoms with Gasteiger partial charge in [-0.2, -0.15) is 9.97 Å². The maximum absolute atomic E-state index is 8.88. The predicted molar refractivity (Wildman–Crippen MR) is 78.0 cm³/mol. The van der Waals surface area contributed by atoms with Crippen LogP contribution in [0.1, 0.15) is 38.1 Å². The quantitative estimate of drug-likeness (QED) is 0.654. The van der Waals surface area contributed by atoms with E-state index in [2.05, 4.69) is 24.8 Å². The van der Waals surface area contributed by atoms with Gasteiger partial charge in [0.15, 0.2) is 11.5 Å². The highest BCUT2D eigenvalue weighted by atomic mass is 35.5. The van der Waals surface area contributed by atoms with E-state index in [1.54, 1.807) is 0 Å². The smallest absolute Gasteiger partial charge is 0.226 e. The van der Waals surface area contributed by atoms with E-state index in [9.17, 15) is 0 Å². The molecule has 1 saturated carbocycles. The van der Waals surface area contributed by atoms with Crippen molar-refractivity contribution in [1.29, 1.82) is 0 Å². The first-order valence-corrected chi connectivity index (χ1v) is 7.42. The minimum atomic E-state index is 0.150. The van der Waals surface area contributed by atoms with Gasteiger partial charge in [0.2, 0.25) is 5.28 Å². The third kappa shape index (κ3) is 2.58. The number of nitrogens with one attached hydrogen (secondary N) is 1. The van der Waals surface area contributed by atoms with Gasteiger partial charge in [-0.15, -0.1) is 0 Å². The van der Waals surface area contributed by atoms with Crippen molar-refractivity contribution in [2.45, 2.75) is 38.1 Å². The molecule has 0 spiro atoms. The monoisotopic (exact) mass is 295 g/mol. The van der Waals surface area contributed by atoms with E-state index in [-0.39, 0.29) is 11.9 Å². The van der Waals surface area contributed by atoms with Crippen molar-refractivity contribution in [2.75, 3.05) is 18.5 Å². The maximum Gasteiger partial charge on any atom is 0.226 e. The lowest BCUT2D eigenvalue weighted by atomic mass is 10.2. The van der Waals surface area contributed by atoms with Gasteiger partial charge in [-0.25, -0.2) is 4.98 Å². The van der Waals surface area contributed by atoms with Crippen LogP contribution in [0.5, 0.6) is 0 Å². The zero-order valence-electron chi connectivity index (χ0n) is 11.2. The Bertz CT molecular complexity index is 594. The van der Waals surface area contributed by atoms with Gasteiger partial charge in [0.25, 0.3) is 0 Å². The molecule has 20 heavy (non-hydrogen) atoms. The topological polar surface area (TPSA) is 75.9 Å². The molecular formula is C13H18ClN5O. The van der Waals surface area contributed by atoms with Crippen LogP contribution in [0.15, 0.2) is 6.33 Å². The molecule has 108 valence electrons. The Hall–Kier alpha value is -1.40. The summed E-state index contributed by atoms with van der Waals surface area (Å²) in [6.07, 6.45) is 7.36. The number of nitrogens with zero attached hydrogens (tertiary/aromatic N) is 4. The number of hydrogen-bond donors (Lipinski definition) is 2. The average molecular weight is 296 g/mol. The van der Waals surface area contributed by atoms with Crippen molar-refractivity contribution in [3.8, 4) is 0 Å². The summed E-state index contributed by atoms with van der Waals surface area (Å²) in [6.45, 7) is 0.797. The van der Waals surface area contributed by atoms with Crippen molar-refractivity contribution in [2.24, 2.45) is 0 Å². The molecule has 0 unspecified atom stereocenters. The van der Waals surface area contributed by atoms with Gasteiger partial charge < -0.3 is 15.0 Å². The Morgan fingerprint density at radius 1 is 1.35 bits per heavy atom. The summed E-state index contributed by atoms with van der Waals surface area (Å²) < 4.78 is 2.17. The Balaban J connectivity index is 1.99. The lowest BCUT2D eigenvalue weighted by molar-refractivity contribution is 0.292. The van der Waals surface area contributed by atoms with Crippen LogP contribution in [0.2, 0.25) is 5.28 Å². The lowest BCUT2D eigenvalue weighted by Gasteiger charge is -2.14. The fraction of sp³-hybridized carbons (Fsp3) is 0.615. The van der Waals surface area contributed by atoms with Gasteiger partial charge >= 0.3 is 0 Å². The Morgan fingerprint density at radius 3 is 2.90 bits per heavy atom. The summed E-state index contributed by atoms with van der Waals surface area (Å²) in [4.78, 5) is 12.8. The molecule has 0 aliphatic heterocycles. The molecule has 0 saturated heterocycles. The second-order valence-electron chi connectivity index (χ2n) is 5.11. The van der Waals surface area contributed by atoms with Crippen molar-refractivity contribution >= 4 is 28.6 Å². The number of aliphatic hydroxyl groups is 1. The number of hydrogen-bond acceptors (Lipinski definition) is 5. The summed E-state index contributed by atoms with van der Waals surface area (Å²) in [5.41, 5.74) is 1.54. The molecule has 2 heterocycles. The molecule has 0 amide bonds. The first-order valence-electron chi connectivity index (χ1n) is 7.04. The number of imidazole rings is 1. The van der Waals surface area contributed by atoms with Gasteiger partial charge in [-0.05, 0) is 30.9 Å². The van der Waals surface area contributed by atoms with E-state index in [0.29, 0.717) is 30.5 Å². The van der Waals surface area contributed by atoms with Crippen LogP contribution >= 0.6 is 11.6 Å². The average Bonchev–Trinajstić information content (AvgIpc) is 3.06. The minimum Gasteiger partial charge on any atom is -0.396 e. The molecule has 7 heteroatoms. The molecule has 3 rings (SSSR count). The van der Waals surface area contributed by atoms with Crippen molar-refractivity contribution in [3.05, 3.63) is 11.6 Å². The summed E-state index contributed by atoms with van der Waals surface area (Å²) in [5, 5.41) is 12.3. The van der Waals surface area contributed by atoms with Gasteiger partial charge in [-0.1, -0.05) is 12.8 Å². The van der Waals surface area contributed by atoms with Gasteiger partial charge in [-0.3, -0.25) is 0 Å². The van der Waals surface area contributed by atoms with E-state index in [1.807, 2.05) is 6.33 Å². The number of fused-ring (bicyclic) bond motifs is 1. The normalized spacial score (nSPS) is 16.1. The highest BCUT2D eigenvalue weighted by molar-refractivity contribution is 6.28. The summed E-state index contributed by atoms with van der Waals surface area (Å²) in [6, 6.07) is 0.475. The second-order valence-corrected chi connectivity index (χ2v) is 5.45. The van der Waals surface area contributed by atoms with Crippen LogP contribution in [-0.2, 0) is 0 Å². The van der Waals surface area contributed by atoms with Crippen LogP contribution < -0.4 is 5.32 Å². The zero-order chi connectivity index (χ0) is 13.9. The van der Waals surface area contributed by atoms with Crippen LogP contribution in [-0.4, -0.2) is 37.8 Å². The summed E-state index contributed by atoms with van der Waals surface area (Å²) >= 11 is 5.94. The molecule has 2 aromatic heterocycles. The molecule has 2 aromatic rings. The predicted octanol–water partition coefficient (Wildman–Crippen LogP) is 2.39. The van der Waals surface area contributed by atoms with Crippen molar-refractivity contribution in [3.63, 3.8) is 0 Å². The van der Waals surface area contributed by atoms with E-state index >= 15 is 0 Å². The molecule has 2 N–H and O–H groups in total. The largest absolute Gasteiger partial charge is 0.396 e. The standard InChI is InChI=1S/C13H18ClN5O/c14-13-17-11(15-6-3-7-20)10-12(18-13)16-8-19(10)9-4-1-2-5-9/h8-9,20H,1-7H2,(H,15,17,18). The summed E-state index contributed by atoms with van der Waals surface area (Å²) in [7, 11) is 0. The Kier molecular flexibility index (Phi) is 4.03. The second kappa shape index (κ2) is 5.93. The molecule has 1 aliphatic carbocycles. The van der Waals surface area contributed by atoms with Crippen LogP contribution in [0, 0.1) is 0 Å². The maximum atomic E-state index is 8.88. The van der Waals surface area contributed by atoms with Crippen molar-refractivity contribution < 1.29 is 5.11 Å². The lowest BCUT2D eigenvalue weighted by Crippen LogP contribution is -2.10. The number of halogens is 1. The van der Waals surface area contributed by atoms with Crippen LogP contribution in [0.3, 0.4) is 0 Å². The van der Waals surface area contributed by atoms with E-state index in [4.69, 9.17) is 16.7 Å². The zero-order valence-corrected chi connectivity index (χ0v) is 12.0. The number of aromatic nitrogens is 4. The van der Waals surface area contributed by atoms with Gasteiger partial charge in [0.05, 0.1) is 6.33 Å². The molecule has 6 nitrogen and oxygen atoms in total. The fourth-order valence-electron chi connectivity index (χ4n) is 2.79.